The van der Waals surface area contributed by atoms with Crippen LogP contribution in [0.5, 0.6) is 0 Å². The molecule has 0 radical (unpaired) electrons. The number of nitrogens with zero attached hydrogens (tertiary/aromatic N) is 1. The van der Waals surface area contributed by atoms with E-state index < -0.39 is 4.92 Å². The maximum absolute atomic E-state index is 11.1. The number of hydrogen-bond donors (Lipinski definition) is 1. The molecule has 3 rings (SSSR count). The minimum Gasteiger partial charge on any atom is -0.376 e. The molecular weight excluding hydrogens is 311 g/mol. The summed E-state index contributed by atoms with van der Waals surface area (Å²) < 4.78 is 0. The van der Waals surface area contributed by atoms with Gasteiger partial charge in [-0.05, 0) is 48.2 Å². The summed E-state index contributed by atoms with van der Waals surface area (Å²) >= 11 is 11.8. The SMILES string of the molecule is O=[N+]([O-])c1cc(Cl)ccc1NC1Cc2ccc(Cl)cc2C1. The number of fused-ring (bicyclic) bond motifs is 1. The van der Waals surface area contributed by atoms with Crippen LogP contribution in [-0.2, 0) is 12.8 Å². The predicted octanol–water partition coefficient (Wildman–Crippen LogP) is 4.48. The fourth-order valence-electron chi connectivity index (χ4n) is 2.69. The highest BCUT2D eigenvalue weighted by atomic mass is 35.5. The minimum absolute atomic E-state index is 0.00325. The first-order valence-corrected chi connectivity index (χ1v) is 7.26. The van der Waals surface area contributed by atoms with Gasteiger partial charge in [0.15, 0.2) is 0 Å². The van der Waals surface area contributed by atoms with Crippen LogP contribution >= 0.6 is 23.2 Å². The van der Waals surface area contributed by atoms with Gasteiger partial charge in [0.05, 0.1) is 4.92 Å². The molecule has 1 unspecified atom stereocenters. The second-order valence-corrected chi connectivity index (χ2v) is 5.95. The molecule has 0 fully saturated rings. The third kappa shape index (κ3) is 2.96. The summed E-state index contributed by atoms with van der Waals surface area (Å²) in [4.78, 5) is 10.7. The fourth-order valence-corrected chi connectivity index (χ4v) is 3.05. The van der Waals surface area contributed by atoms with Crippen molar-refractivity contribution in [3.63, 3.8) is 0 Å². The Labute approximate surface area is 131 Å². The number of anilines is 1. The van der Waals surface area contributed by atoms with Gasteiger partial charge in [0.1, 0.15) is 5.69 Å². The van der Waals surface area contributed by atoms with Crippen LogP contribution in [-0.4, -0.2) is 11.0 Å². The van der Waals surface area contributed by atoms with Crippen molar-refractivity contribution in [3.8, 4) is 0 Å². The zero-order chi connectivity index (χ0) is 15.0. The Hall–Kier alpha value is -1.78. The molecule has 108 valence electrons. The van der Waals surface area contributed by atoms with Gasteiger partial charge in [-0.2, -0.15) is 0 Å². The van der Waals surface area contributed by atoms with E-state index in [2.05, 4.69) is 5.32 Å². The van der Waals surface area contributed by atoms with Gasteiger partial charge < -0.3 is 5.32 Å². The quantitative estimate of drug-likeness (QED) is 0.669. The lowest BCUT2D eigenvalue weighted by Crippen LogP contribution is -2.20. The number of hydrogen-bond acceptors (Lipinski definition) is 3. The zero-order valence-corrected chi connectivity index (χ0v) is 12.5. The van der Waals surface area contributed by atoms with E-state index >= 15 is 0 Å². The number of nitro groups is 1. The molecule has 1 N–H and O–H groups in total. The average molecular weight is 323 g/mol. The second-order valence-electron chi connectivity index (χ2n) is 5.08. The molecule has 0 saturated carbocycles. The molecule has 2 aromatic carbocycles. The van der Waals surface area contributed by atoms with Crippen molar-refractivity contribution in [3.05, 3.63) is 67.7 Å². The summed E-state index contributed by atoms with van der Waals surface area (Å²) in [5.74, 6) is 0. The third-order valence-electron chi connectivity index (χ3n) is 3.62. The molecule has 1 atom stereocenters. The maximum atomic E-state index is 11.1. The van der Waals surface area contributed by atoms with Crippen molar-refractivity contribution in [2.75, 3.05) is 5.32 Å². The summed E-state index contributed by atoms with van der Waals surface area (Å²) in [6.45, 7) is 0. The summed E-state index contributed by atoms with van der Waals surface area (Å²) in [6, 6.07) is 10.6. The molecule has 21 heavy (non-hydrogen) atoms. The lowest BCUT2D eigenvalue weighted by atomic mass is 10.1. The summed E-state index contributed by atoms with van der Waals surface area (Å²) in [7, 11) is 0. The van der Waals surface area contributed by atoms with Crippen molar-refractivity contribution in [1.82, 2.24) is 0 Å². The van der Waals surface area contributed by atoms with Gasteiger partial charge in [-0.3, -0.25) is 10.1 Å². The first-order chi connectivity index (χ1) is 10.0. The van der Waals surface area contributed by atoms with Crippen molar-refractivity contribution in [1.29, 1.82) is 0 Å². The van der Waals surface area contributed by atoms with E-state index in [0.29, 0.717) is 15.7 Å². The number of nitro benzene ring substituents is 1. The minimum atomic E-state index is -0.423. The Morgan fingerprint density at radius 3 is 2.48 bits per heavy atom. The molecule has 1 aliphatic rings. The van der Waals surface area contributed by atoms with Gasteiger partial charge in [-0.25, -0.2) is 0 Å². The Bertz CT molecular complexity index is 719. The highest BCUT2D eigenvalue weighted by Crippen LogP contribution is 2.32. The molecule has 0 aliphatic heterocycles. The van der Waals surface area contributed by atoms with Crippen molar-refractivity contribution in [2.45, 2.75) is 18.9 Å². The Balaban J connectivity index is 1.82. The Morgan fingerprint density at radius 2 is 1.71 bits per heavy atom. The molecule has 0 heterocycles. The normalized spacial score (nSPS) is 16.6. The first-order valence-electron chi connectivity index (χ1n) is 6.51. The molecular formula is C15H12Cl2N2O2. The van der Waals surface area contributed by atoms with E-state index in [9.17, 15) is 10.1 Å². The number of benzene rings is 2. The smallest absolute Gasteiger partial charge is 0.293 e. The van der Waals surface area contributed by atoms with Crippen LogP contribution in [0.4, 0.5) is 11.4 Å². The Kier molecular flexibility index (Phi) is 3.74. The van der Waals surface area contributed by atoms with Crippen molar-refractivity contribution in [2.24, 2.45) is 0 Å². The van der Waals surface area contributed by atoms with Gasteiger partial charge in [-0.1, -0.05) is 29.3 Å². The van der Waals surface area contributed by atoms with E-state index in [4.69, 9.17) is 23.2 Å². The van der Waals surface area contributed by atoms with Crippen LogP contribution in [0.25, 0.3) is 0 Å². The van der Waals surface area contributed by atoms with E-state index in [0.717, 1.165) is 12.8 Å². The van der Waals surface area contributed by atoms with Gasteiger partial charge in [0.2, 0.25) is 0 Å². The molecule has 1 aliphatic carbocycles. The molecule has 0 saturated heterocycles. The molecule has 0 spiro atoms. The van der Waals surface area contributed by atoms with E-state index in [1.165, 1.54) is 17.2 Å². The number of nitrogens with one attached hydrogen (secondary N) is 1. The standard InChI is InChI=1S/C15H12Cl2N2O2/c16-11-2-1-9-6-13(7-10(9)5-11)18-14-4-3-12(17)8-15(14)19(20)21/h1-5,8,13,18H,6-7H2. The summed E-state index contributed by atoms with van der Waals surface area (Å²) in [6.07, 6.45) is 1.63. The highest BCUT2D eigenvalue weighted by molar-refractivity contribution is 6.31. The van der Waals surface area contributed by atoms with Crippen LogP contribution in [0.15, 0.2) is 36.4 Å². The van der Waals surface area contributed by atoms with Gasteiger partial charge in [-0.15, -0.1) is 0 Å². The van der Waals surface area contributed by atoms with Crippen molar-refractivity contribution < 1.29 is 4.92 Å². The molecule has 2 aromatic rings. The molecule has 0 aromatic heterocycles. The van der Waals surface area contributed by atoms with Crippen LogP contribution in [0.3, 0.4) is 0 Å². The Morgan fingerprint density at radius 1 is 1.05 bits per heavy atom. The monoisotopic (exact) mass is 322 g/mol. The summed E-state index contributed by atoms with van der Waals surface area (Å²) in [5, 5.41) is 15.4. The lowest BCUT2D eigenvalue weighted by molar-refractivity contribution is -0.384. The first kappa shape index (κ1) is 14.2. The molecule has 4 nitrogen and oxygen atoms in total. The third-order valence-corrected chi connectivity index (χ3v) is 4.09. The number of rotatable bonds is 3. The van der Waals surface area contributed by atoms with Crippen LogP contribution in [0.1, 0.15) is 11.1 Å². The van der Waals surface area contributed by atoms with Crippen LogP contribution in [0.2, 0.25) is 10.0 Å². The van der Waals surface area contributed by atoms with Gasteiger partial charge in [0, 0.05) is 22.2 Å². The topological polar surface area (TPSA) is 55.2 Å². The second kappa shape index (κ2) is 5.54. The average Bonchev–Trinajstić information content (AvgIpc) is 2.82. The zero-order valence-electron chi connectivity index (χ0n) is 11.0. The predicted molar refractivity (Wildman–Crippen MR) is 84.4 cm³/mol. The largest absolute Gasteiger partial charge is 0.376 e. The maximum Gasteiger partial charge on any atom is 0.293 e. The fraction of sp³-hybridized carbons (Fsp3) is 0.200. The van der Waals surface area contributed by atoms with Crippen molar-refractivity contribution >= 4 is 34.6 Å². The molecule has 0 amide bonds. The van der Waals surface area contributed by atoms with Crippen LogP contribution < -0.4 is 5.32 Å². The lowest BCUT2D eigenvalue weighted by Gasteiger charge is -2.13. The van der Waals surface area contributed by atoms with E-state index in [1.807, 2.05) is 18.2 Å². The van der Waals surface area contributed by atoms with Crippen LogP contribution in [0, 0.1) is 10.1 Å². The highest BCUT2D eigenvalue weighted by Gasteiger charge is 2.24. The van der Waals surface area contributed by atoms with E-state index in [1.54, 1.807) is 12.1 Å². The molecule has 0 bridgehead atoms. The van der Waals surface area contributed by atoms with Gasteiger partial charge >= 0.3 is 0 Å². The molecule has 6 heteroatoms. The number of halogens is 2. The summed E-state index contributed by atoms with van der Waals surface area (Å²) in [5.41, 5.74) is 2.91. The van der Waals surface area contributed by atoms with Gasteiger partial charge in [0.25, 0.3) is 5.69 Å². The van der Waals surface area contributed by atoms with E-state index in [-0.39, 0.29) is 11.7 Å².